The number of carbonyl (C=O) groups excluding carboxylic acids is 1. The summed E-state index contributed by atoms with van der Waals surface area (Å²) in [6, 6.07) is 9.56. The van der Waals surface area contributed by atoms with E-state index in [1.807, 2.05) is 18.2 Å². The lowest BCUT2D eigenvalue weighted by Gasteiger charge is -2.15. The highest BCUT2D eigenvalue weighted by atomic mass is 16.5. The second kappa shape index (κ2) is 15.9. The van der Waals surface area contributed by atoms with Crippen molar-refractivity contribution in [1.29, 1.82) is 0 Å². The van der Waals surface area contributed by atoms with E-state index < -0.39 is 0 Å². The highest BCUT2D eigenvalue weighted by molar-refractivity contribution is 5.94. The number of hydrogen-bond acceptors (Lipinski definition) is 9. The summed E-state index contributed by atoms with van der Waals surface area (Å²) in [4.78, 5) is 25.6. The van der Waals surface area contributed by atoms with E-state index in [1.165, 1.54) is 12.8 Å². The van der Waals surface area contributed by atoms with Crippen LogP contribution in [0, 0.1) is 5.92 Å². The van der Waals surface area contributed by atoms with Crippen molar-refractivity contribution in [3.63, 3.8) is 0 Å². The highest BCUT2D eigenvalue weighted by Crippen LogP contribution is 2.21. The Labute approximate surface area is 214 Å². The lowest BCUT2D eigenvalue weighted by Crippen LogP contribution is -2.27. The Morgan fingerprint density at radius 1 is 0.861 bits per heavy atom. The van der Waals surface area contributed by atoms with Crippen molar-refractivity contribution in [2.75, 3.05) is 62.0 Å². The Morgan fingerprint density at radius 2 is 1.47 bits per heavy atom. The van der Waals surface area contributed by atoms with Crippen molar-refractivity contribution in [2.45, 2.75) is 52.0 Å². The van der Waals surface area contributed by atoms with E-state index in [9.17, 15) is 4.79 Å². The number of hydrogen-bond donors (Lipinski definition) is 4. The molecule has 2 aromatic rings. The fourth-order valence-electron chi connectivity index (χ4n) is 3.81. The van der Waals surface area contributed by atoms with Crippen LogP contribution in [0.1, 0.15) is 56.3 Å². The smallest absolute Gasteiger partial charge is 0.251 e. The molecule has 4 N–H and O–H groups in total. The van der Waals surface area contributed by atoms with E-state index in [-0.39, 0.29) is 5.91 Å². The SMILES string of the molecule is CC(C)CCNc1nc(NCCOCCOCCNC(=O)c2ccccc2)nc(NC2CCCC2)n1. The van der Waals surface area contributed by atoms with Crippen molar-refractivity contribution in [3.8, 4) is 0 Å². The first-order valence-corrected chi connectivity index (χ1v) is 13.1. The molecule has 0 unspecified atom stereocenters. The van der Waals surface area contributed by atoms with E-state index in [2.05, 4.69) is 50.1 Å². The van der Waals surface area contributed by atoms with Gasteiger partial charge in [0.05, 0.1) is 26.4 Å². The molecule has 36 heavy (non-hydrogen) atoms. The monoisotopic (exact) mass is 499 g/mol. The van der Waals surface area contributed by atoms with E-state index in [0.717, 1.165) is 25.8 Å². The zero-order valence-electron chi connectivity index (χ0n) is 21.6. The van der Waals surface area contributed by atoms with Gasteiger partial charge in [-0.2, -0.15) is 15.0 Å². The molecule has 0 aliphatic heterocycles. The fourth-order valence-corrected chi connectivity index (χ4v) is 3.81. The molecule has 1 aromatic heterocycles. The third-order valence-electron chi connectivity index (χ3n) is 5.80. The largest absolute Gasteiger partial charge is 0.377 e. The molecule has 0 spiro atoms. The summed E-state index contributed by atoms with van der Waals surface area (Å²) in [5.41, 5.74) is 0.645. The first-order valence-electron chi connectivity index (χ1n) is 13.1. The fraction of sp³-hybridized carbons (Fsp3) is 0.615. The lowest BCUT2D eigenvalue weighted by atomic mass is 10.1. The molecule has 3 rings (SSSR count). The average molecular weight is 500 g/mol. The van der Waals surface area contributed by atoms with Crippen LogP contribution in [0.4, 0.5) is 17.8 Å². The molecule has 1 heterocycles. The van der Waals surface area contributed by atoms with Crippen LogP contribution in [-0.2, 0) is 9.47 Å². The average Bonchev–Trinajstić information content (AvgIpc) is 3.38. The molecular formula is C26H41N7O3. The normalized spacial score (nSPS) is 13.6. The molecule has 0 bridgehead atoms. The van der Waals surface area contributed by atoms with E-state index in [1.54, 1.807) is 12.1 Å². The van der Waals surface area contributed by atoms with Crippen LogP contribution in [0.15, 0.2) is 30.3 Å². The van der Waals surface area contributed by atoms with Gasteiger partial charge in [0, 0.05) is 31.2 Å². The number of anilines is 3. The predicted molar refractivity (Wildman–Crippen MR) is 143 cm³/mol. The summed E-state index contributed by atoms with van der Waals surface area (Å²) in [5.74, 6) is 2.25. The number of ether oxygens (including phenoxy) is 2. The van der Waals surface area contributed by atoms with Gasteiger partial charge in [0.2, 0.25) is 17.8 Å². The zero-order valence-corrected chi connectivity index (χ0v) is 21.6. The summed E-state index contributed by atoms with van der Waals surface area (Å²) >= 11 is 0. The van der Waals surface area contributed by atoms with Crippen LogP contribution in [0.3, 0.4) is 0 Å². The number of amides is 1. The van der Waals surface area contributed by atoms with Crippen molar-refractivity contribution >= 4 is 23.8 Å². The Balaban J connectivity index is 1.30. The molecule has 1 aromatic carbocycles. The van der Waals surface area contributed by atoms with Crippen molar-refractivity contribution < 1.29 is 14.3 Å². The van der Waals surface area contributed by atoms with Crippen LogP contribution in [-0.4, -0.2) is 73.0 Å². The van der Waals surface area contributed by atoms with Crippen LogP contribution in [0.5, 0.6) is 0 Å². The first-order chi connectivity index (χ1) is 17.6. The van der Waals surface area contributed by atoms with Gasteiger partial charge in [-0.15, -0.1) is 0 Å². The summed E-state index contributed by atoms with van der Waals surface area (Å²) in [5, 5.41) is 12.8. The minimum Gasteiger partial charge on any atom is -0.377 e. The van der Waals surface area contributed by atoms with Gasteiger partial charge < -0.3 is 30.7 Å². The lowest BCUT2D eigenvalue weighted by molar-refractivity contribution is 0.0519. The topological polar surface area (TPSA) is 122 Å². The van der Waals surface area contributed by atoms with E-state index in [0.29, 0.717) is 74.9 Å². The number of carbonyl (C=O) groups is 1. The van der Waals surface area contributed by atoms with Gasteiger partial charge in [0.25, 0.3) is 5.91 Å². The van der Waals surface area contributed by atoms with Gasteiger partial charge in [-0.1, -0.05) is 44.9 Å². The molecule has 0 radical (unpaired) electrons. The standard InChI is InChI=1S/C26H41N7O3/c1-20(2)12-13-28-24-31-25(33-26(32-24)30-22-10-6-7-11-22)29-15-17-36-19-18-35-16-14-27-23(34)21-8-4-3-5-9-21/h3-5,8-9,20,22H,6-7,10-19H2,1-2H3,(H,27,34)(H3,28,29,30,31,32,33). The number of nitrogens with zero attached hydrogens (tertiary/aromatic N) is 3. The molecular weight excluding hydrogens is 458 g/mol. The van der Waals surface area contributed by atoms with Gasteiger partial charge in [-0.05, 0) is 37.3 Å². The van der Waals surface area contributed by atoms with Gasteiger partial charge in [0.1, 0.15) is 0 Å². The van der Waals surface area contributed by atoms with Crippen molar-refractivity contribution in [3.05, 3.63) is 35.9 Å². The molecule has 198 valence electrons. The number of rotatable bonds is 17. The maximum absolute atomic E-state index is 12.0. The Hall–Kier alpha value is -2.98. The number of benzene rings is 1. The molecule has 10 heteroatoms. The third kappa shape index (κ3) is 10.7. The molecule has 1 fully saturated rings. The molecule has 1 aliphatic rings. The first kappa shape index (κ1) is 27.6. The van der Waals surface area contributed by atoms with Gasteiger partial charge >= 0.3 is 0 Å². The zero-order chi connectivity index (χ0) is 25.4. The summed E-state index contributed by atoms with van der Waals surface area (Å²) < 4.78 is 11.2. The highest BCUT2D eigenvalue weighted by Gasteiger charge is 2.17. The molecule has 1 aliphatic carbocycles. The van der Waals surface area contributed by atoms with Crippen molar-refractivity contribution in [1.82, 2.24) is 20.3 Å². The van der Waals surface area contributed by atoms with Crippen LogP contribution < -0.4 is 21.3 Å². The summed E-state index contributed by atoms with van der Waals surface area (Å²) in [6.45, 7) is 8.13. The maximum Gasteiger partial charge on any atom is 0.251 e. The molecule has 1 saturated carbocycles. The van der Waals surface area contributed by atoms with Gasteiger partial charge in [-0.25, -0.2) is 0 Å². The molecule has 0 atom stereocenters. The molecule has 0 saturated heterocycles. The Bertz CT molecular complexity index is 892. The van der Waals surface area contributed by atoms with Gasteiger partial charge in [-0.3, -0.25) is 4.79 Å². The van der Waals surface area contributed by atoms with E-state index >= 15 is 0 Å². The minimum absolute atomic E-state index is 0.0975. The maximum atomic E-state index is 12.0. The van der Waals surface area contributed by atoms with Crippen LogP contribution in [0.2, 0.25) is 0 Å². The molecule has 1 amide bonds. The summed E-state index contributed by atoms with van der Waals surface area (Å²) in [7, 11) is 0. The number of nitrogens with one attached hydrogen (secondary N) is 4. The van der Waals surface area contributed by atoms with Crippen LogP contribution in [0.25, 0.3) is 0 Å². The van der Waals surface area contributed by atoms with Gasteiger partial charge in [0.15, 0.2) is 0 Å². The second-order valence-electron chi connectivity index (χ2n) is 9.31. The minimum atomic E-state index is -0.0975. The predicted octanol–water partition coefficient (Wildman–Crippen LogP) is 3.56. The quantitative estimate of drug-likeness (QED) is 0.242. The molecule has 10 nitrogen and oxygen atoms in total. The third-order valence-corrected chi connectivity index (χ3v) is 5.80. The number of aromatic nitrogens is 3. The second-order valence-corrected chi connectivity index (χ2v) is 9.31. The Kier molecular flexibility index (Phi) is 12.2. The summed E-state index contributed by atoms with van der Waals surface area (Å²) in [6.07, 6.45) is 5.85. The van der Waals surface area contributed by atoms with Crippen molar-refractivity contribution in [2.24, 2.45) is 5.92 Å². The van der Waals surface area contributed by atoms with Crippen LogP contribution >= 0.6 is 0 Å². The Morgan fingerprint density at radius 3 is 2.14 bits per heavy atom. The van der Waals surface area contributed by atoms with E-state index in [4.69, 9.17) is 9.47 Å².